The molecule has 0 N–H and O–H groups in total. The van der Waals surface area contributed by atoms with Gasteiger partial charge in [-0.15, -0.1) is 0 Å². The summed E-state index contributed by atoms with van der Waals surface area (Å²) in [6.07, 6.45) is 1.98. The fourth-order valence-electron chi connectivity index (χ4n) is 2.80. The van der Waals surface area contributed by atoms with Gasteiger partial charge in [0.2, 0.25) is 0 Å². The molecule has 0 aliphatic carbocycles. The molecule has 2 nitrogen and oxygen atoms in total. The summed E-state index contributed by atoms with van der Waals surface area (Å²) in [7, 11) is 1.69. The van der Waals surface area contributed by atoms with Crippen molar-refractivity contribution in [2.45, 2.75) is 12.8 Å². The summed E-state index contributed by atoms with van der Waals surface area (Å²) in [5.74, 6) is 0.849. The molecule has 2 aromatic carbocycles. The van der Waals surface area contributed by atoms with E-state index in [-0.39, 0.29) is 0 Å². The highest BCUT2D eigenvalue weighted by atomic mass is 35.5. The van der Waals surface area contributed by atoms with Crippen LogP contribution < -0.4 is 9.64 Å². The number of hydrogen-bond acceptors (Lipinski definition) is 2. The van der Waals surface area contributed by atoms with Crippen molar-refractivity contribution in [2.75, 3.05) is 25.1 Å². The maximum absolute atomic E-state index is 6.39. The van der Waals surface area contributed by atoms with Crippen molar-refractivity contribution in [3.05, 3.63) is 58.6 Å². The molecule has 2 aromatic rings. The highest BCUT2D eigenvalue weighted by Gasteiger charge is 2.17. The van der Waals surface area contributed by atoms with Crippen LogP contribution in [0.4, 0.5) is 5.69 Å². The maximum Gasteiger partial charge on any atom is 0.120 e. The van der Waals surface area contributed by atoms with Gasteiger partial charge in [-0.2, -0.15) is 0 Å². The van der Waals surface area contributed by atoms with E-state index >= 15 is 0 Å². The number of halogens is 1. The first-order valence-corrected chi connectivity index (χ1v) is 7.31. The van der Waals surface area contributed by atoms with Crippen molar-refractivity contribution in [2.24, 2.45) is 0 Å². The molecule has 1 aliphatic rings. The number of benzene rings is 2. The normalized spacial score (nSPS) is 14.6. The first-order chi connectivity index (χ1) is 9.78. The number of ether oxygens (including phenoxy) is 1. The van der Waals surface area contributed by atoms with E-state index in [9.17, 15) is 0 Å². The highest BCUT2D eigenvalue weighted by Crippen LogP contribution is 2.30. The summed E-state index contributed by atoms with van der Waals surface area (Å²) in [5.41, 5.74) is 3.86. The third-order valence-electron chi connectivity index (χ3n) is 3.90. The van der Waals surface area contributed by atoms with Crippen molar-refractivity contribution in [1.29, 1.82) is 0 Å². The molecule has 1 aliphatic heterocycles. The standard InChI is InChI=1S/C17H18ClNO/c1-20-15-11-13-7-9-19(14-5-3-2-4-6-14)10-8-16(13)17(18)12-15/h2-6,11-12H,7-10H2,1H3. The largest absolute Gasteiger partial charge is 0.497 e. The molecule has 0 radical (unpaired) electrons. The summed E-state index contributed by atoms with van der Waals surface area (Å²) in [6, 6.07) is 14.6. The van der Waals surface area contributed by atoms with Crippen LogP contribution in [-0.4, -0.2) is 20.2 Å². The average molecular weight is 288 g/mol. The van der Waals surface area contributed by atoms with Crippen LogP contribution in [-0.2, 0) is 12.8 Å². The van der Waals surface area contributed by atoms with Crippen LogP contribution >= 0.6 is 11.6 Å². The molecule has 104 valence electrons. The van der Waals surface area contributed by atoms with Crippen molar-refractivity contribution in [1.82, 2.24) is 0 Å². The van der Waals surface area contributed by atoms with Gasteiger partial charge < -0.3 is 9.64 Å². The molecule has 0 saturated heterocycles. The first kappa shape index (κ1) is 13.3. The van der Waals surface area contributed by atoms with Crippen LogP contribution in [0.15, 0.2) is 42.5 Å². The quantitative estimate of drug-likeness (QED) is 0.829. The van der Waals surface area contributed by atoms with Gasteiger partial charge in [-0.1, -0.05) is 29.8 Å². The number of nitrogens with zero attached hydrogens (tertiary/aromatic N) is 1. The van der Waals surface area contributed by atoms with Gasteiger partial charge in [0, 0.05) is 23.8 Å². The predicted molar refractivity (Wildman–Crippen MR) is 84.1 cm³/mol. The maximum atomic E-state index is 6.39. The lowest BCUT2D eigenvalue weighted by Gasteiger charge is -2.22. The molecule has 0 amide bonds. The monoisotopic (exact) mass is 287 g/mol. The Morgan fingerprint density at radius 2 is 1.80 bits per heavy atom. The number of fused-ring (bicyclic) bond motifs is 1. The highest BCUT2D eigenvalue weighted by molar-refractivity contribution is 6.31. The summed E-state index contributed by atoms with van der Waals surface area (Å²) in [6.45, 7) is 2.02. The van der Waals surface area contributed by atoms with E-state index in [0.717, 1.165) is 36.7 Å². The molecule has 0 bridgehead atoms. The van der Waals surface area contributed by atoms with Crippen molar-refractivity contribution in [3.63, 3.8) is 0 Å². The van der Waals surface area contributed by atoms with Crippen LogP contribution in [0.2, 0.25) is 5.02 Å². The number of anilines is 1. The molecule has 3 heteroatoms. The molecule has 3 rings (SSSR count). The SMILES string of the molecule is COc1cc(Cl)c2c(c1)CCN(c1ccccc1)CC2. The third kappa shape index (κ3) is 2.61. The fourth-order valence-corrected chi connectivity index (χ4v) is 3.12. The Kier molecular flexibility index (Phi) is 3.83. The molecular formula is C17H18ClNO. The van der Waals surface area contributed by atoms with Gasteiger partial charge in [0.15, 0.2) is 0 Å². The molecule has 0 saturated carbocycles. The van der Waals surface area contributed by atoms with Gasteiger partial charge in [-0.25, -0.2) is 0 Å². The number of hydrogen-bond donors (Lipinski definition) is 0. The van der Waals surface area contributed by atoms with Gasteiger partial charge >= 0.3 is 0 Å². The van der Waals surface area contributed by atoms with E-state index in [0.29, 0.717) is 0 Å². The van der Waals surface area contributed by atoms with Crippen LogP contribution in [0.5, 0.6) is 5.75 Å². The average Bonchev–Trinajstić information content (AvgIpc) is 2.71. The van der Waals surface area contributed by atoms with Crippen LogP contribution in [0.25, 0.3) is 0 Å². The number of methoxy groups -OCH3 is 1. The Labute approximate surface area is 124 Å². The summed E-state index contributed by atoms with van der Waals surface area (Å²) in [5, 5.41) is 0.828. The van der Waals surface area contributed by atoms with E-state index in [4.69, 9.17) is 16.3 Å². The Morgan fingerprint density at radius 3 is 2.55 bits per heavy atom. The lowest BCUT2D eigenvalue weighted by molar-refractivity contribution is 0.414. The van der Waals surface area contributed by atoms with Gasteiger partial charge in [-0.05, 0) is 48.2 Å². The molecule has 0 spiro atoms. The second-order valence-corrected chi connectivity index (χ2v) is 5.48. The molecule has 0 unspecified atom stereocenters. The van der Waals surface area contributed by atoms with Crippen molar-refractivity contribution in [3.8, 4) is 5.75 Å². The first-order valence-electron chi connectivity index (χ1n) is 6.93. The third-order valence-corrected chi connectivity index (χ3v) is 4.24. The lowest BCUT2D eigenvalue weighted by atomic mass is 10.0. The fraction of sp³-hybridized carbons (Fsp3) is 0.294. The molecule has 0 fully saturated rings. The predicted octanol–water partition coefficient (Wildman–Crippen LogP) is 3.95. The lowest BCUT2D eigenvalue weighted by Crippen LogP contribution is -2.25. The molecule has 1 heterocycles. The van der Waals surface area contributed by atoms with E-state index in [1.54, 1.807) is 7.11 Å². The summed E-state index contributed by atoms with van der Waals surface area (Å²) >= 11 is 6.39. The van der Waals surface area contributed by atoms with Crippen molar-refractivity contribution < 1.29 is 4.74 Å². The van der Waals surface area contributed by atoms with E-state index in [1.807, 2.05) is 6.07 Å². The zero-order valence-corrected chi connectivity index (χ0v) is 12.4. The van der Waals surface area contributed by atoms with E-state index < -0.39 is 0 Å². The molecule has 0 aromatic heterocycles. The second-order valence-electron chi connectivity index (χ2n) is 5.07. The van der Waals surface area contributed by atoms with Gasteiger partial charge in [0.05, 0.1) is 7.11 Å². The second kappa shape index (κ2) is 5.76. The van der Waals surface area contributed by atoms with E-state index in [2.05, 4.69) is 41.3 Å². The number of para-hydroxylation sites is 1. The van der Waals surface area contributed by atoms with Gasteiger partial charge in [0.25, 0.3) is 0 Å². The molecule has 0 atom stereocenters. The molecule has 20 heavy (non-hydrogen) atoms. The summed E-state index contributed by atoms with van der Waals surface area (Å²) in [4.78, 5) is 2.42. The minimum Gasteiger partial charge on any atom is -0.497 e. The minimum absolute atomic E-state index is 0.828. The van der Waals surface area contributed by atoms with Crippen LogP contribution in [0.1, 0.15) is 11.1 Å². The zero-order valence-electron chi connectivity index (χ0n) is 11.6. The zero-order chi connectivity index (χ0) is 13.9. The summed E-state index contributed by atoms with van der Waals surface area (Å²) < 4.78 is 5.32. The Balaban J connectivity index is 1.87. The van der Waals surface area contributed by atoms with Crippen molar-refractivity contribution >= 4 is 17.3 Å². The Bertz CT molecular complexity index is 597. The molecular weight excluding hydrogens is 270 g/mol. The van der Waals surface area contributed by atoms with Gasteiger partial charge in [0.1, 0.15) is 5.75 Å². The van der Waals surface area contributed by atoms with Crippen LogP contribution in [0, 0.1) is 0 Å². The topological polar surface area (TPSA) is 12.5 Å². The minimum atomic E-state index is 0.828. The Hall–Kier alpha value is -1.67. The van der Waals surface area contributed by atoms with Crippen LogP contribution in [0.3, 0.4) is 0 Å². The number of rotatable bonds is 2. The Morgan fingerprint density at radius 1 is 1.05 bits per heavy atom. The van der Waals surface area contributed by atoms with E-state index in [1.165, 1.54) is 16.8 Å². The smallest absolute Gasteiger partial charge is 0.120 e. The van der Waals surface area contributed by atoms with Gasteiger partial charge in [-0.3, -0.25) is 0 Å².